The molecule has 1 heterocycles. The van der Waals surface area contributed by atoms with Gasteiger partial charge in [0, 0.05) is 32.1 Å². The van der Waals surface area contributed by atoms with Gasteiger partial charge in [0.2, 0.25) is 5.91 Å². The zero-order valence-corrected chi connectivity index (χ0v) is 14.4. The van der Waals surface area contributed by atoms with Gasteiger partial charge in [-0.3, -0.25) is 9.69 Å². The van der Waals surface area contributed by atoms with Crippen molar-refractivity contribution in [2.24, 2.45) is 5.92 Å². The first-order valence-corrected chi connectivity index (χ1v) is 9.17. The Morgan fingerprint density at radius 1 is 1.12 bits per heavy atom. The second kappa shape index (κ2) is 6.56. The molecular formula is C21H26N2O. The van der Waals surface area contributed by atoms with Gasteiger partial charge in [-0.2, -0.15) is 0 Å². The molecule has 1 aliphatic heterocycles. The molecule has 1 atom stereocenters. The zero-order chi connectivity index (χ0) is 16.5. The van der Waals surface area contributed by atoms with E-state index < -0.39 is 0 Å². The van der Waals surface area contributed by atoms with E-state index in [2.05, 4.69) is 47.4 Å². The molecule has 0 spiro atoms. The first kappa shape index (κ1) is 15.6. The number of nitrogens with zero attached hydrogens (tertiary/aromatic N) is 2. The van der Waals surface area contributed by atoms with Crippen LogP contribution in [0.4, 0.5) is 0 Å². The van der Waals surface area contributed by atoms with Gasteiger partial charge in [0.15, 0.2) is 0 Å². The lowest BCUT2D eigenvalue weighted by Gasteiger charge is -2.37. The molecule has 3 heteroatoms. The van der Waals surface area contributed by atoms with Gasteiger partial charge in [0.25, 0.3) is 0 Å². The van der Waals surface area contributed by atoms with Gasteiger partial charge in [0.05, 0.1) is 0 Å². The first-order valence-electron chi connectivity index (χ1n) is 9.17. The van der Waals surface area contributed by atoms with Crippen LogP contribution in [-0.4, -0.2) is 41.9 Å². The highest BCUT2D eigenvalue weighted by Crippen LogP contribution is 2.32. The van der Waals surface area contributed by atoms with Crippen LogP contribution in [0.25, 0.3) is 10.8 Å². The topological polar surface area (TPSA) is 23.6 Å². The van der Waals surface area contributed by atoms with E-state index in [0.29, 0.717) is 17.9 Å². The van der Waals surface area contributed by atoms with Gasteiger partial charge in [-0.15, -0.1) is 0 Å². The summed E-state index contributed by atoms with van der Waals surface area (Å²) in [6.07, 6.45) is 4.51. The Morgan fingerprint density at radius 3 is 2.71 bits per heavy atom. The Hall–Kier alpha value is -1.87. The highest BCUT2D eigenvalue weighted by Gasteiger charge is 2.35. The van der Waals surface area contributed by atoms with Gasteiger partial charge >= 0.3 is 0 Å². The smallest absolute Gasteiger partial charge is 0.225 e. The second-order valence-electron chi connectivity index (χ2n) is 7.44. The van der Waals surface area contributed by atoms with Gasteiger partial charge in [-0.1, -0.05) is 36.4 Å². The molecule has 1 amide bonds. The molecule has 1 unspecified atom stereocenters. The average Bonchev–Trinajstić information content (AvgIpc) is 3.46. The molecule has 2 fully saturated rings. The Labute approximate surface area is 144 Å². The van der Waals surface area contributed by atoms with E-state index in [1.807, 2.05) is 11.9 Å². The van der Waals surface area contributed by atoms with Crippen LogP contribution >= 0.6 is 0 Å². The summed E-state index contributed by atoms with van der Waals surface area (Å²) < 4.78 is 0. The molecule has 1 aliphatic carbocycles. The molecule has 2 aromatic rings. The predicted octanol–water partition coefficient (Wildman–Crippen LogP) is 3.67. The number of hydrogen-bond donors (Lipinski definition) is 0. The Bertz CT molecular complexity index is 737. The monoisotopic (exact) mass is 322 g/mol. The van der Waals surface area contributed by atoms with Crippen LogP contribution in [0.3, 0.4) is 0 Å². The molecule has 4 rings (SSSR count). The maximum atomic E-state index is 12.3. The number of likely N-dealkylation sites (tertiary alicyclic amines) is 1. The van der Waals surface area contributed by atoms with Crippen LogP contribution in [0.5, 0.6) is 0 Å². The minimum atomic E-state index is 0.325. The molecule has 0 aromatic heterocycles. The minimum absolute atomic E-state index is 0.325. The van der Waals surface area contributed by atoms with Crippen molar-refractivity contribution in [1.82, 2.24) is 9.80 Å². The van der Waals surface area contributed by atoms with Gasteiger partial charge in [-0.05, 0) is 54.6 Å². The molecule has 24 heavy (non-hydrogen) atoms. The van der Waals surface area contributed by atoms with Crippen LogP contribution in [0.1, 0.15) is 31.2 Å². The van der Waals surface area contributed by atoms with E-state index in [1.165, 1.54) is 22.8 Å². The lowest BCUT2D eigenvalue weighted by Crippen LogP contribution is -2.48. The molecule has 0 radical (unpaired) electrons. The third-order valence-corrected chi connectivity index (χ3v) is 5.52. The van der Waals surface area contributed by atoms with Crippen LogP contribution in [-0.2, 0) is 11.3 Å². The molecule has 0 bridgehead atoms. The van der Waals surface area contributed by atoms with Crippen molar-refractivity contribution in [3.8, 4) is 0 Å². The molecule has 0 N–H and O–H groups in total. The molecular weight excluding hydrogens is 296 g/mol. The summed E-state index contributed by atoms with van der Waals surface area (Å²) in [7, 11) is 2.00. The molecule has 2 aromatic carbocycles. The number of likely N-dealkylation sites (N-methyl/N-ethyl adjacent to an activating group) is 1. The number of fused-ring (bicyclic) bond motifs is 1. The summed E-state index contributed by atoms with van der Waals surface area (Å²) in [4.78, 5) is 16.9. The predicted molar refractivity (Wildman–Crippen MR) is 97.7 cm³/mol. The average molecular weight is 322 g/mol. The van der Waals surface area contributed by atoms with Crippen LogP contribution in [0, 0.1) is 5.92 Å². The molecule has 2 aliphatic rings. The van der Waals surface area contributed by atoms with Crippen molar-refractivity contribution in [2.75, 3.05) is 20.1 Å². The Kier molecular flexibility index (Phi) is 4.28. The Morgan fingerprint density at radius 2 is 1.92 bits per heavy atom. The third-order valence-electron chi connectivity index (χ3n) is 5.52. The molecule has 1 saturated heterocycles. The highest BCUT2D eigenvalue weighted by atomic mass is 16.2. The lowest BCUT2D eigenvalue weighted by molar-refractivity contribution is -0.134. The third kappa shape index (κ3) is 3.32. The number of benzene rings is 2. The van der Waals surface area contributed by atoms with Crippen molar-refractivity contribution >= 4 is 16.7 Å². The van der Waals surface area contributed by atoms with Crippen molar-refractivity contribution in [3.05, 3.63) is 48.0 Å². The summed E-state index contributed by atoms with van der Waals surface area (Å²) in [6, 6.07) is 15.7. The van der Waals surface area contributed by atoms with Crippen molar-refractivity contribution in [3.63, 3.8) is 0 Å². The number of piperidine rings is 1. The normalized spacial score (nSPS) is 21.8. The fourth-order valence-corrected chi connectivity index (χ4v) is 3.88. The zero-order valence-electron chi connectivity index (χ0n) is 14.4. The standard InChI is InChI=1S/C21H26N2O/c1-22(21(24)18-10-11-18)20-7-4-12-23(15-20)14-16-8-9-17-5-2-3-6-19(17)13-16/h2-3,5-6,8-9,13,18,20H,4,7,10-12,14-15H2,1H3. The fourth-order valence-electron chi connectivity index (χ4n) is 3.88. The van der Waals surface area contributed by atoms with E-state index >= 15 is 0 Å². The number of rotatable bonds is 4. The summed E-state index contributed by atoms with van der Waals surface area (Å²) in [5.74, 6) is 0.693. The molecule has 1 saturated carbocycles. The number of hydrogen-bond acceptors (Lipinski definition) is 2. The van der Waals surface area contributed by atoms with Crippen LogP contribution in [0.2, 0.25) is 0 Å². The summed E-state index contributed by atoms with van der Waals surface area (Å²) in [6.45, 7) is 3.11. The van der Waals surface area contributed by atoms with E-state index in [9.17, 15) is 4.79 Å². The van der Waals surface area contributed by atoms with E-state index in [0.717, 1.165) is 38.9 Å². The maximum Gasteiger partial charge on any atom is 0.225 e. The number of carbonyl (C=O) groups is 1. The van der Waals surface area contributed by atoms with E-state index in [1.54, 1.807) is 0 Å². The van der Waals surface area contributed by atoms with Crippen LogP contribution < -0.4 is 0 Å². The minimum Gasteiger partial charge on any atom is -0.341 e. The highest BCUT2D eigenvalue weighted by molar-refractivity contribution is 5.83. The van der Waals surface area contributed by atoms with Crippen LogP contribution in [0.15, 0.2) is 42.5 Å². The fraction of sp³-hybridized carbons (Fsp3) is 0.476. The summed E-state index contributed by atoms with van der Waals surface area (Å²) in [5.41, 5.74) is 1.37. The second-order valence-corrected chi connectivity index (χ2v) is 7.44. The first-order chi connectivity index (χ1) is 11.7. The quantitative estimate of drug-likeness (QED) is 0.857. The van der Waals surface area contributed by atoms with E-state index in [4.69, 9.17) is 0 Å². The summed E-state index contributed by atoms with van der Waals surface area (Å²) >= 11 is 0. The van der Waals surface area contributed by atoms with Gasteiger partial charge in [0.1, 0.15) is 0 Å². The number of carbonyl (C=O) groups excluding carboxylic acids is 1. The molecule has 126 valence electrons. The van der Waals surface area contributed by atoms with Gasteiger partial charge < -0.3 is 4.90 Å². The molecule has 3 nitrogen and oxygen atoms in total. The van der Waals surface area contributed by atoms with Gasteiger partial charge in [-0.25, -0.2) is 0 Å². The number of amides is 1. The van der Waals surface area contributed by atoms with Crippen molar-refractivity contribution in [1.29, 1.82) is 0 Å². The van der Waals surface area contributed by atoms with E-state index in [-0.39, 0.29) is 0 Å². The van der Waals surface area contributed by atoms with Crippen molar-refractivity contribution < 1.29 is 4.79 Å². The van der Waals surface area contributed by atoms with Crippen molar-refractivity contribution in [2.45, 2.75) is 38.3 Å². The SMILES string of the molecule is CN(C(=O)C1CC1)C1CCCN(Cc2ccc3ccccc3c2)C1. The largest absolute Gasteiger partial charge is 0.341 e. The maximum absolute atomic E-state index is 12.3. The Balaban J connectivity index is 1.42. The lowest BCUT2D eigenvalue weighted by atomic mass is 10.0. The summed E-state index contributed by atoms with van der Waals surface area (Å²) in [5, 5.41) is 2.61.